The van der Waals surface area contributed by atoms with Crippen molar-refractivity contribution in [2.75, 3.05) is 45.4 Å². The Morgan fingerprint density at radius 3 is 2.35 bits per heavy atom. The number of ether oxygens (including phenoxy) is 2. The van der Waals surface area contributed by atoms with Gasteiger partial charge in [-0.2, -0.15) is 4.31 Å². The van der Waals surface area contributed by atoms with Gasteiger partial charge in [0.05, 0.1) is 15.1 Å². The Labute approximate surface area is 238 Å². The SMILES string of the molecule is CCN(Cc1ccccc1)S(=O)(=O)c1ccc(C(=O)N(CCCN(C)C)c2nc3cc4c(cc3s2)OCO4)cc1. The molecule has 1 aromatic heterocycles. The predicted octanol–water partition coefficient (Wildman–Crippen LogP) is 4.83. The second-order valence-electron chi connectivity index (χ2n) is 9.72. The van der Waals surface area contributed by atoms with Gasteiger partial charge in [0.25, 0.3) is 5.91 Å². The molecule has 9 nitrogen and oxygen atoms in total. The molecule has 0 unspecified atom stereocenters. The lowest BCUT2D eigenvalue weighted by Gasteiger charge is -2.22. The number of carbonyl (C=O) groups excluding carboxylic acids is 1. The van der Waals surface area contributed by atoms with Gasteiger partial charge in [-0.05, 0) is 56.9 Å². The van der Waals surface area contributed by atoms with Crippen molar-refractivity contribution in [1.82, 2.24) is 14.2 Å². The van der Waals surface area contributed by atoms with E-state index in [1.807, 2.05) is 63.5 Å². The van der Waals surface area contributed by atoms with Gasteiger partial charge >= 0.3 is 0 Å². The summed E-state index contributed by atoms with van der Waals surface area (Å²) in [6, 6.07) is 19.4. The van der Waals surface area contributed by atoms with E-state index in [0.717, 1.165) is 28.7 Å². The summed E-state index contributed by atoms with van der Waals surface area (Å²) < 4.78 is 40.1. The Balaban J connectivity index is 1.40. The highest BCUT2D eigenvalue weighted by Crippen LogP contribution is 2.40. The molecule has 0 bridgehead atoms. The highest BCUT2D eigenvalue weighted by atomic mass is 32.2. The van der Waals surface area contributed by atoms with E-state index < -0.39 is 10.0 Å². The number of hydrogen-bond acceptors (Lipinski definition) is 8. The zero-order valence-electron chi connectivity index (χ0n) is 22.7. The molecule has 0 N–H and O–H groups in total. The van der Waals surface area contributed by atoms with Crippen molar-refractivity contribution in [3.63, 3.8) is 0 Å². The molecule has 0 aliphatic carbocycles. The smallest absolute Gasteiger partial charge is 0.260 e. The van der Waals surface area contributed by atoms with Crippen LogP contribution >= 0.6 is 11.3 Å². The molecule has 1 aliphatic rings. The van der Waals surface area contributed by atoms with Gasteiger partial charge in [0, 0.05) is 37.3 Å². The molecule has 0 saturated carbocycles. The molecule has 3 aromatic carbocycles. The van der Waals surface area contributed by atoms with Crippen LogP contribution in [0.2, 0.25) is 0 Å². The third kappa shape index (κ3) is 5.97. The molecule has 0 saturated heterocycles. The molecule has 2 heterocycles. The maximum absolute atomic E-state index is 13.8. The lowest BCUT2D eigenvalue weighted by molar-refractivity contribution is 0.0986. The van der Waals surface area contributed by atoms with Gasteiger partial charge in [0.1, 0.15) is 0 Å². The average Bonchev–Trinajstić information content (AvgIpc) is 3.58. The van der Waals surface area contributed by atoms with Crippen LogP contribution in [-0.4, -0.2) is 69.0 Å². The second kappa shape index (κ2) is 11.9. The fraction of sp³-hybridized carbons (Fsp3) is 0.310. The lowest BCUT2D eigenvalue weighted by atomic mass is 10.2. The van der Waals surface area contributed by atoms with E-state index in [0.29, 0.717) is 35.3 Å². The maximum atomic E-state index is 13.8. The molecule has 40 heavy (non-hydrogen) atoms. The number of anilines is 1. The largest absolute Gasteiger partial charge is 0.454 e. The first-order valence-corrected chi connectivity index (χ1v) is 15.3. The normalized spacial score (nSPS) is 12.9. The fourth-order valence-corrected chi connectivity index (χ4v) is 6.92. The minimum Gasteiger partial charge on any atom is -0.454 e. The standard InChI is InChI=1S/C29H32N4O5S2/c1-4-32(19-21-9-6-5-7-10-21)40(35,36)23-13-11-22(12-14-23)28(34)33(16-8-15-31(2)3)29-30-24-17-25-26(38-20-37-25)18-27(24)39-29/h5-7,9-14,17-18H,4,8,15-16,19-20H2,1-3H3. The van der Waals surface area contributed by atoms with Gasteiger partial charge < -0.3 is 14.4 Å². The number of aromatic nitrogens is 1. The van der Waals surface area contributed by atoms with Crippen molar-refractivity contribution >= 4 is 42.6 Å². The van der Waals surface area contributed by atoms with Crippen molar-refractivity contribution in [3.05, 3.63) is 77.9 Å². The Kier molecular flexibility index (Phi) is 8.36. The van der Waals surface area contributed by atoms with E-state index >= 15 is 0 Å². The zero-order valence-corrected chi connectivity index (χ0v) is 24.4. The Hall–Kier alpha value is -3.51. The molecule has 210 valence electrons. The average molecular weight is 581 g/mol. The highest BCUT2D eigenvalue weighted by molar-refractivity contribution is 7.89. The Bertz CT molecular complexity index is 1550. The van der Waals surface area contributed by atoms with Crippen LogP contribution in [0, 0.1) is 0 Å². The molecule has 0 radical (unpaired) electrons. The number of benzene rings is 3. The van der Waals surface area contributed by atoms with Gasteiger partial charge in [-0.15, -0.1) is 0 Å². The van der Waals surface area contributed by atoms with Crippen LogP contribution in [0.3, 0.4) is 0 Å². The number of nitrogens with zero attached hydrogens (tertiary/aromatic N) is 4. The molecular formula is C29H32N4O5S2. The highest BCUT2D eigenvalue weighted by Gasteiger charge is 2.26. The van der Waals surface area contributed by atoms with Crippen molar-refractivity contribution < 1.29 is 22.7 Å². The van der Waals surface area contributed by atoms with Gasteiger partial charge in [0.15, 0.2) is 16.6 Å². The summed E-state index contributed by atoms with van der Waals surface area (Å²) in [6.07, 6.45) is 0.745. The predicted molar refractivity (Wildman–Crippen MR) is 157 cm³/mol. The van der Waals surface area contributed by atoms with Crippen LogP contribution in [0.25, 0.3) is 10.2 Å². The minimum absolute atomic E-state index is 0.149. The first-order valence-electron chi connectivity index (χ1n) is 13.1. The summed E-state index contributed by atoms with van der Waals surface area (Å²) in [5.74, 6) is 1.07. The van der Waals surface area contributed by atoms with Crippen LogP contribution < -0.4 is 14.4 Å². The summed E-state index contributed by atoms with van der Waals surface area (Å²) >= 11 is 1.41. The third-order valence-electron chi connectivity index (χ3n) is 6.63. The van der Waals surface area contributed by atoms with Crippen LogP contribution in [0.5, 0.6) is 11.5 Å². The molecule has 1 amide bonds. The first kappa shape index (κ1) is 28.0. The summed E-state index contributed by atoms with van der Waals surface area (Å²) in [5.41, 5.74) is 2.03. The van der Waals surface area contributed by atoms with E-state index in [1.54, 1.807) is 17.0 Å². The van der Waals surface area contributed by atoms with Gasteiger partial charge in [-0.3, -0.25) is 9.69 Å². The number of hydrogen-bond donors (Lipinski definition) is 0. The van der Waals surface area contributed by atoms with E-state index in [9.17, 15) is 13.2 Å². The zero-order chi connectivity index (χ0) is 28.3. The number of carbonyl (C=O) groups is 1. The first-order chi connectivity index (χ1) is 19.3. The number of amides is 1. The van der Waals surface area contributed by atoms with Crippen molar-refractivity contribution in [2.45, 2.75) is 24.8 Å². The van der Waals surface area contributed by atoms with Crippen LogP contribution in [0.4, 0.5) is 5.13 Å². The van der Waals surface area contributed by atoms with E-state index in [4.69, 9.17) is 14.5 Å². The van der Waals surface area contributed by atoms with E-state index in [2.05, 4.69) is 4.90 Å². The minimum atomic E-state index is -3.74. The Morgan fingerprint density at radius 1 is 0.975 bits per heavy atom. The van der Waals surface area contributed by atoms with Crippen LogP contribution in [-0.2, 0) is 16.6 Å². The van der Waals surface area contributed by atoms with E-state index in [-0.39, 0.29) is 24.1 Å². The van der Waals surface area contributed by atoms with Gasteiger partial charge in [0.2, 0.25) is 16.8 Å². The maximum Gasteiger partial charge on any atom is 0.260 e. The monoisotopic (exact) mass is 580 g/mol. The molecule has 4 aromatic rings. The summed E-state index contributed by atoms with van der Waals surface area (Å²) in [4.78, 5) is 22.4. The number of fused-ring (bicyclic) bond motifs is 2. The van der Waals surface area contributed by atoms with E-state index in [1.165, 1.54) is 27.8 Å². The lowest BCUT2D eigenvalue weighted by Crippen LogP contribution is -2.33. The van der Waals surface area contributed by atoms with Gasteiger partial charge in [-0.1, -0.05) is 48.6 Å². The molecule has 0 atom stereocenters. The molecule has 11 heteroatoms. The van der Waals surface area contributed by atoms with Crippen LogP contribution in [0.15, 0.2) is 71.6 Å². The van der Waals surface area contributed by atoms with Crippen molar-refractivity contribution in [2.24, 2.45) is 0 Å². The van der Waals surface area contributed by atoms with Crippen molar-refractivity contribution in [1.29, 1.82) is 0 Å². The van der Waals surface area contributed by atoms with Crippen LogP contribution in [0.1, 0.15) is 29.3 Å². The molecular weight excluding hydrogens is 548 g/mol. The van der Waals surface area contributed by atoms with Crippen molar-refractivity contribution in [3.8, 4) is 11.5 Å². The molecule has 1 aliphatic heterocycles. The molecule has 0 spiro atoms. The summed E-state index contributed by atoms with van der Waals surface area (Å²) in [5, 5.41) is 0.569. The second-order valence-corrected chi connectivity index (χ2v) is 12.7. The number of sulfonamides is 1. The number of rotatable bonds is 11. The fourth-order valence-electron chi connectivity index (χ4n) is 4.48. The molecule has 0 fully saturated rings. The topological polar surface area (TPSA) is 92.3 Å². The summed E-state index contributed by atoms with van der Waals surface area (Å²) in [7, 11) is 0.235. The molecule has 5 rings (SSSR count). The Morgan fingerprint density at radius 2 is 1.68 bits per heavy atom. The third-order valence-corrected chi connectivity index (χ3v) is 9.60. The number of thiazole rings is 1. The van der Waals surface area contributed by atoms with Gasteiger partial charge in [-0.25, -0.2) is 13.4 Å². The summed E-state index contributed by atoms with van der Waals surface area (Å²) in [6.45, 7) is 3.86. The quantitative estimate of drug-likeness (QED) is 0.251.